The van der Waals surface area contributed by atoms with Crippen LogP contribution in [0.4, 0.5) is 0 Å². The van der Waals surface area contributed by atoms with Gasteiger partial charge in [0, 0.05) is 18.3 Å². The fraction of sp³-hybridized carbons (Fsp3) is 0.417. The van der Waals surface area contributed by atoms with Gasteiger partial charge in [0.1, 0.15) is 0 Å². The third-order valence-electron chi connectivity index (χ3n) is 2.97. The zero-order valence-electron chi connectivity index (χ0n) is 9.63. The van der Waals surface area contributed by atoms with Crippen LogP contribution in [0.25, 0.3) is 0 Å². The molecule has 1 atom stereocenters. The van der Waals surface area contributed by atoms with Gasteiger partial charge in [-0.05, 0) is 37.6 Å². The molecule has 3 rings (SSSR count). The first-order chi connectivity index (χ1) is 8.38. The highest BCUT2D eigenvalue weighted by atomic mass is 16.5. The molecule has 88 valence electrons. The molecule has 0 bridgehead atoms. The molecule has 0 spiro atoms. The Morgan fingerprint density at radius 2 is 2.12 bits per heavy atom. The lowest BCUT2D eigenvalue weighted by Gasteiger charge is -2.11. The van der Waals surface area contributed by atoms with Gasteiger partial charge in [-0.2, -0.15) is 4.98 Å². The van der Waals surface area contributed by atoms with E-state index in [1.807, 2.05) is 19.2 Å². The van der Waals surface area contributed by atoms with Gasteiger partial charge in [0.2, 0.25) is 5.89 Å². The smallest absolute Gasteiger partial charge is 0.229 e. The molecule has 17 heavy (non-hydrogen) atoms. The van der Waals surface area contributed by atoms with Crippen LogP contribution in [0.5, 0.6) is 0 Å². The van der Waals surface area contributed by atoms with E-state index in [2.05, 4.69) is 20.4 Å². The highest BCUT2D eigenvalue weighted by Crippen LogP contribution is 2.39. The van der Waals surface area contributed by atoms with Crippen LogP contribution in [0.15, 0.2) is 29.0 Å². The predicted molar refractivity (Wildman–Crippen MR) is 61.4 cm³/mol. The normalized spacial score (nSPS) is 17.0. The molecule has 5 heteroatoms. The maximum absolute atomic E-state index is 5.28. The van der Waals surface area contributed by atoms with Gasteiger partial charge >= 0.3 is 0 Å². The zero-order valence-corrected chi connectivity index (χ0v) is 9.63. The van der Waals surface area contributed by atoms with Crippen LogP contribution in [0, 0.1) is 0 Å². The van der Waals surface area contributed by atoms with Crippen LogP contribution in [0.3, 0.4) is 0 Å². The second-order valence-electron chi connectivity index (χ2n) is 4.27. The summed E-state index contributed by atoms with van der Waals surface area (Å²) in [4.78, 5) is 8.47. The summed E-state index contributed by atoms with van der Waals surface area (Å²) >= 11 is 0. The summed E-state index contributed by atoms with van der Waals surface area (Å²) in [6.07, 6.45) is 5.87. The Labute approximate surface area is 99.3 Å². The van der Waals surface area contributed by atoms with Crippen molar-refractivity contribution in [1.29, 1.82) is 0 Å². The minimum atomic E-state index is -0.0331. The largest absolute Gasteiger partial charge is 0.339 e. The van der Waals surface area contributed by atoms with Crippen molar-refractivity contribution in [3.63, 3.8) is 0 Å². The average Bonchev–Trinajstić information content (AvgIpc) is 3.12. The third kappa shape index (κ3) is 2.06. The summed E-state index contributed by atoms with van der Waals surface area (Å²) in [5.41, 5.74) is 1.09. The van der Waals surface area contributed by atoms with Crippen LogP contribution >= 0.6 is 0 Å². The highest BCUT2D eigenvalue weighted by Gasteiger charge is 2.30. The van der Waals surface area contributed by atoms with E-state index in [0.717, 1.165) is 11.5 Å². The van der Waals surface area contributed by atoms with E-state index in [9.17, 15) is 0 Å². The molecule has 0 amide bonds. The van der Waals surface area contributed by atoms with Crippen molar-refractivity contribution < 1.29 is 4.52 Å². The van der Waals surface area contributed by atoms with Crippen LogP contribution in [-0.2, 0) is 0 Å². The Balaban J connectivity index is 1.88. The number of rotatable bonds is 4. The molecule has 0 aromatic carbocycles. The molecule has 1 saturated carbocycles. The molecule has 1 aliphatic rings. The number of pyridine rings is 1. The van der Waals surface area contributed by atoms with Crippen LogP contribution < -0.4 is 5.32 Å². The maximum Gasteiger partial charge on any atom is 0.229 e. The molecule has 5 nitrogen and oxygen atoms in total. The van der Waals surface area contributed by atoms with E-state index in [1.165, 1.54) is 12.8 Å². The lowest BCUT2D eigenvalue weighted by Crippen LogP contribution is -2.19. The van der Waals surface area contributed by atoms with Crippen molar-refractivity contribution in [2.45, 2.75) is 24.8 Å². The van der Waals surface area contributed by atoms with E-state index < -0.39 is 0 Å². The van der Waals surface area contributed by atoms with Gasteiger partial charge in [-0.25, -0.2) is 0 Å². The minimum Gasteiger partial charge on any atom is -0.339 e. The van der Waals surface area contributed by atoms with Gasteiger partial charge in [-0.3, -0.25) is 4.98 Å². The lowest BCUT2D eigenvalue weighted by atomic mass is 10.1. The molecular weight excluding hydrogens is 216 g/mol. The predicted octanol–water partition coefficient (Wildman–Crippen LogP) is 1.65. The number of hydrogen-bond acceptors (Lipinski definition) is 5. The number of nitrogens with one attached hydrogen (secondary N) is 1. The third-order valence-corrected chi connectivity index (χ3v) is 2.97. The fourth-order valence-electron chi connectivity index (χ4n) is 1.86. The summed E-state index contributed by atoms with van der Waals surface area (Å²) in [6, 6.07) is 3.87. The second kappa shape index (κ2) is 4.25. The van der Waals surface area contributed by atoms with E-state index in [4.69, 9.17) is 4.52 Å². The molecule has 0 unspecified atom stereocenters. The van der Waals surface area contributed by atoms with Crippen molar-refractivity contribution in [3.8, 4) is 0 Å². The first-order valence-electron chi connectivity index (χ1n) is 5.79. The molecule has 1 aliphatic carbocycles. The summed E-state index contributed by atoms with van der Waals surface area (Å²) in [7, 11) is 1.89. The molecule has 0 radical (unpaired) electrons. The van der Waals surface area contributed by atoms with Gasteiger partial charge in [-0.15, -0.1) is 0 Å². The summed E-state index contributed by atoms with van der Waals surface area (Å²) in [5.74, 6) is 1.96. The summed E-state index contributed by atoms with van der Waals surface area (Å²) < 4.78 is 5.28. The molecule has 2 aromatic heterocycles. The van der Waals surface area contributed by atoms with Crippen molar-refractivity contribution in [1.82, 2.24) is 20.4 Å². The summed E-state index contributed by atoms with van der Waals surface area (Å²) in [6.45, 7) is 0. The molecule has 1 N–H and O–H groups in total. The van der Waals surface area contributed by atoms with Gasteiger partial charge in [0.25, 0.3) is 0 Å². The fourth-order valence-corrected chi connectivity index (χ4v) is 1.86. The number of nitrogens with zero attached hydrogens (tertiary/aromatic N) is 3. The Morgan fingerprint density at radius 3 is 2.76 bits per heavy atom. The molecule has 2 heterocycles. The van der Waals surface area contributed by atoms with Crippen LogP contribution in [0.1, 0.15) is 42.1 Å². The van der Waals surface area contributed by atoms with Crippen LogP contribution in [-0.4, -0.2) is 22.2 Å². The maximum atomic E-state index is 5.28. The standard InChI is InChI=1S/C12H14N4O/c1-13-10(8-4-6-14-7-5-8)11-15-12(17-16-11)9-2-3-9/h4-7,9-10,13H,2-3H2,1H3/t10-/m1/s1. The first-order valence-corrected chi connectivity index (χ1v) is 5.79. The minimum absolute atomic E-state index is 0.0331. The van der Waals surface area contributed by atoms with Crippen LogP contribution in [0.2, 0.25) is 0 Å². The lowest BCUT2D eigenvalue weighted by molar-refractivity contribution is 0.370. The van der Waals surface area contributed by atoms with E-state index in [1.54, 1.807) is 12.4 Å². The Morgan fingerprint density at radius 1 is 1.35 bits per heavy atom. The Hall–Kier alpha value is -1.75. The topological polar surface area (TPSA) is 63.8 Å². The van der Waals surface area contributed by atoms with Crippen molar-refractivity contribution in [2.24, 2.45) is 0 Å². The SMILES string of the molecule is CN[C@H](c1ccncc1)c1noc(C2CC2)n1. The van der Waals surface area contributed by atoms with Crippen molar-refractivity contribution >= 4 is 0 Å². The first kappa shape index (κ1) is 10.4. The molecular formula is C12H14N4O. The van der Waals surface area contributed by atoms with Gasteiger partial charge < -0.3 is 9.84 Å². The zero-order chi connectivity index (χ0) is 11.7. The molecule has 0 saturated heterocycles. The second-order valence-corrected chi connectivity index (χ2v) is 4.27. The monoisotopic (exact) mass is 230 g/mol. The Bertz CT molecular complexity index is 492. The quantitative estimate of drug-likeness (QED) is 0.865. The summed E-state index contributed by atoms with van der Waals surface area (Å²) in [5, 5.41) is 7.25. The van der Waals surface area contributed by atoms with Gasteiger partial charge in [0.15, 0.2) is 5.82 Å². The molecule has 1 fully saturated rings. The van der Waals surface area contributed by atoms with E-state index in [0.29, 0.717) is 11.7 Å². The van der Waals surface area contributed by atoms with E-state index >= 15 is 0 Å². The molecule has 0 aliphatic heterocycles. The Kier molecular flexibility index (Phi) is 2.60. The highest BCUT2D eigenvalue weighted by molar-refractivity contribution is 5.22. The van der Waals surface area contributed by atoms with E-state index in [-0.39, 0.29) is 6.04 Å². The van der Waals surface area contributed by atoms with Gasteiger partial charge in [0.05, 0.1) is 6.04 Å². The van der Waals surface area contributed by atoms with Crippen molar-refractivity contribution in [3.05, 3.63) is 41.8 Å². The average molecular weight is 230 g/mol. The molecule has 2 aromatic rings. The number of aromatic nitrogens is 3. The van der Waals surface area contributed by atoms with Gasteiger partial charge in [-0.1, -0.05) is 5.16 Å². The van der Waals surface area contributed by atoms with Crippen molar-refractivity contribution in [2.75, 3.05) is 7.05 Å². The number of hydrogen-bond donors (Lipinski definition) is 1.